The number of nitrogens with zero attached hydrogens (tertiary/aromatic N) is 1. The molecule has 0 bridgehead atoms. The molecule has 0 saturated heterocycles. The predicted octanol–water partition coefficient (Wildman–Crippen LogP) is 2.68. The van der Waals surface area contributed by atoms with Gasteiger partial charge in [0.2, 0.25) is 0 Å². The highest BCUT2D eigenvalue weighted by Gasteiger charge is 2.10. The van der Waals surface area contributed by atoms with Gasteiger partial charge in [-0.25, -0.2) is 9.78 Å². The lowest BCUT2D eigenvalue weighted by Gasteiger charge is -1.93. The molecule has 0 aliphatic carbocycles. The first-order valence-corrected chi connectivity index (χ1v) is 4.83. The number of fused-ring (bicyclic) bond motifs is 1. The Morgan fingerprint density at radius 3 is 2.93 bits per heavy atom. The molecule has 6 heteroatoms. The van der Waals surface area contributed by atoms with Crippen molar-refractivity contribution < 1.29 is 9.90 Å². The number of H-pyrrole nitrogens is 1. The Morgan fingerprint density at radius 1 is 1.57 bits per heavy atom. The number of aromatic amines is 1. The Bertz CT molecular complexity index is 523. The van der Waals surface area contributed by atoms with E-state index in [1.165, 1.54) is 6.07 Å². The predicted molar refractivity (Wildman–Crippen MR) is 55.8 cm³/mol. The van der Waals surface area contributed by atoms with E-state index in [9.17, 15) is 4.79 Å². The maximum absolute atomic E-state index is 10.7. The van der Waals surface area contributed by atoms with Crippen molar-refractivity contribution in [2.24, 2.45) is 0 Å². The number of carbonyl (C=O) groups is 1. The fourth-order valence-corrected chi connectivity index (χ4v) is 1.95. The molecule has 2 aromatic heterocycles. The zero-order valence-corrected chi connectivity index (χ0v) is 9.06. The summed E-state index contributed by atoms with van der Waals surface area (Å²) in [6, 6.07) is 3.21. The monoisotopic (exact) mass is 274 g/mol. The largest absolute Gasteiger partial charge is 0.477 e. The Kier molecular flexibility index (Phi) is 2.20. The van der Waals surface area contributed by atoms with Crippen molar-refractivity contribution in [2.75, 3.05) is 0 Å². The molecule has 0 radical (unpaired) electrons. The molecular weight excluding hydrogens is 271 g/mol. The highest BCUT2D eigenvalue weighted by molar-refractivity contribution is 9.10. The van der Waals surface area contributed by atoms with Crippen molar-refractivity contribution in [3.63, 3.8) is 0 Å². The van der Waals surface area contributed by atoms with Crippen LogP contribution in [0.2, 0.25) is 5.15 Å². The second-order valence-electron chi connectivity index (χ2n) is 2.69. The van der Waals surface area contributed by atoms with Crippen LogP contribution in [-0.2, 0) is 0 Å². The fourth-order valence-electron chi connectivity index (χ4n) is 1.18. The smallest absolute Gasteiger partial charge is 0.352 e. The normalized spacial score (nSPS) is 10.7. The summed E-state index contributed by atoms with van der Waals surface area (Å²) in [7, 11) is 0. The highest BCUT2D eigenvalue weighted by atomic mass is 79.9. The summed E-state index contributed by atoms with van der Waals surface area (Å²) in [6.45, 7) is 0. The second-order valence-corrected chi connectivity index (χ2v) is 3.86. The molecule has 2 rings (SSSR count). The molecule has 4 nitrogen and oxygen atoms in total. The molecule has 0 aliphatic rings. The number of aromatic nitrogens is 2. The zero-order chi connectivity index (χ0) is 10.3. The van der Waals surface area contributed by atoms with E-state index in [0.717, 1.165) is 0 Å². The van der Waals surface area contributed by atoms with Crippen LogP contribution in [0.3, 0.4) is 0 Å². The van der Waals surface area contributed by atoms with E-state index < -0.39 is 5.97 Å². The lowest BCUT2D eigenvalue weighted by Crippen LogP contribution is -1.94. The van der Waals surface area contributed by atoms with Crippen molar-refractivity contribution in [2.45, 2.75) is 0 Å². The van der Waals surface area contributed by atoms with Crippen LogP contribution in [0.15, 0.2) is 16.7 Å². The molecule has 72 valence electrons. The first-order chi connectivity index (χ1) is 6.58. The van der Waals surface area contributed by atoms with Gasteiger partial charge in [-0.15, -0.1) is 0 Å². The molecular formula is C8H4BrClN2O2. The molecule has 0 atom stereocenters. The molecule has 0 unspecified atom stereocenters. The summed E-state index contributed by atoms with van der Waals surface area (Å²) in [5.41, 5.74) is 0.633. The number of hydrogen-bond donors (Lipinski definition) is 2. The van der Waals surface area contributed by atoms with E-state index in [-0.39, 0.29) is 10.8 Å². The number of aromatic carboxylic acids is 1. The van der Waals surface area contributed by atoms with Crippen LogP contribution in [0, 0.1) is 0 Å². The number of rotatable bonds is 1. The van der Waals surface area contributed by atoms with E-state index in [0.29, 0.717) is 15.5 Å². The average molecular weight is 275 g/mol. The van der Waals surface area contributed by atoms with E-state index in [1.54, 1.807) is 6.07 Å². The van der Waals surface area contributed by atoms with Gasteiger partial charge in [0, 0.05) is 5.39 Å². The molecule has 0 amide bonds. The molecule has 2 aromatic rings. The first kappa shape index (κ1) is 9.48. The fraction of sp³-hybridized carbons (Fsp3) is 0. The van der Waals surface area contributed by atoms with Crippen molar-refractivity contribution >= 4 is 44.4 Å². The van der Waals surface area contributed by atoms with Crippen molar-refractivity contribution in [1.29, 1.82) is 0 Å². The topological polar surface area (TPSA) is 66.0 Å². The standard InChI is InChI=1S/C8H4BrClN2O2/c9-5-2-3-1-4(8(13)14)11-6(3)7(10)12-5/h1-2,11H,(H,13,14). The summed E-state index contributed by atoms with van der Waals surface area (Å²) >= 11 is 8.99. The van der Waals surface area contributed by atoms with Gasteiger partial charge in [-0.2, -0.15) is 0 Å². The zero-order valence-electron chi connectivity index (χ0n) is 6.71. The Morgan fingerprint density at radius 2 is 2.29 bits per heavy atom. The first-order valence-electron chi connectivity index (χ1n) is 3.66. The van der Waals surface area contributed by atoms with Crippen LogP contribution in [-0.4, -0.2) is 21.0 Å². The van der Waals surface area contributed by atoms with Crippen LogP contribution in [0.25, 0.3) is 10.9 Å². The average Bonchev–Trinajstić information content (AvgIpc) is 2.47. The van der Waals surface area contributed by atoms with Crippen LogP contribution in [0.1, 0.15) is 10.5 Å². The lowest BCUT2D eigenvalue weighted by molar-refractivity contribution is 0.0691. The van der Waals surface area contributed by atoms with Crippen molar-refractivity contribution in [1.82, 2.24) is 9.97 Å². The molecule has 2 N–H and O–H groups in total. The van der Waals surface area contributed by atoms with Gasteiger partial charge in [-0.1, -0.05) is 11.6 Å². The number of nitrogens with one attached hydrogen (secondary N) is 1. The third-order valence-electron chi connectivity index (χ3n) is 1.76. The van der Waals surface area contributed by atoms with E-state index in [2.05, 4.69) is 25.9 Å². The molecule has 0 aromatic carbocycles. The summed E-state index contributed by atoms with van der Waals surface area (Å²) in [6.07, 6.45) is 0. The van der Waals surface area contributed by atoms with Gasteiger partial charge in [0.05, 0.1) is 5.52 Å². The third kappa shape index (κ3) is 1.49. The molecule has 0 aliphatic heterocycles. The van der Waals surface area contributed by atoms with Gasteiger partial charge in [-0.05, 0) is 28.1 Å². The van der Waals surface area contributed by atoms with Crippen molar-refractivity contribution in [3.8, 4) is 0 Å². The Hall–Kier alpha value is -1.07. The van der Waals surface area contributed by atoms with Gasteiger partial charge < -0.3 is 10.1 Å². The molecule has 2 heterocycles. The summed E-state index contributed by atoms with van der Waals surface area (Å²) in [5, 5.41) is 9.71. The number of halogens is 2. The molecule has 0 saturated carbocycles. The minimum atomic E-state index is -1.02. The maximum Gasteiger partial charge on any atom is 0.352 e. The van der Waals surface area contributed by atoms with E-state index in [4.69, 9.17) is 16.7 Å². The van der Waals surface area contributed by atoms with Gasteiger partial charge in [0.15, 0.2) is 5.15 Å². The second kappa shape index (κ2) is 3.25. The summed E-state index contributed by atoms with van der Waals surface area (Å²) in [4.78, 5) is 17.3. The lowest BCUT2D eigenvalue weighted by atomic mass is 10.3. The van der Waals surface area contributed by atoms with E-state index >= 15 is 0 Å². The Balaban J connectivity index is 2.76. The SMILES string of the molecule is O=C(O)c1cc2cc(Br)nc(Cl)c2[nH]1. The minimum absolute atomic E-state index is 0.0989. The molecule has 0 spiro atoms. The van der Waals surface area contributed by atoms with Gasteiger partial charge >= 0.3 is 5.97 Å². The number of hydrogen-bond acceptors (Lipinski definition) is 2. The molecule has 14 heavy (non-hydrogen) atoms. The Labute approximate surface area is 92.0 Å². The summed E-state index contributed by atoms with van der Waals surface area (Å²) < 4.78 is 0.575. The summed E-state index contributed by atoms with van der Waals surface area (Å²) in [5.74, 6) is -1.02. The number of carboxylic acids is 1. The minimum Gasteiger partial charge on any atom is -0.477 e. The maximum atomic E-state index is 10.7. The van der Waals surface area contributed by atoms with E-state index in [1.807, 2.05) is 0 Å². The third-order valence-corrected chi connectivity index (χ3v) is 2.44. The highest BCUT2D eigenvalue weighted by Crippen LogP contribution is 2.25. The van der Waals surface area contributed by atoms with Gasteiger partial charge in [-0.3, -0.25) is 0 Å². The van der Waals surface area contributed by atoms with Crippen LogP contribution < -0.4 is 0 Å². The van der Waals surface area contributed by atoms with Crippen LogP contribution >= 0.6 is 27.5 Å². The number of carboxylic acid groups (broad SMARTS) is 1. The van der Waals surface area contributed by atoms with Crippen LogP contribution in [0.4, 0.5) is 0 Å². The van der Waals surface area contributed by atoms with Crippen molar-refractivity contribution in [3.05, 3.63) is 27.6 Å². The quantitative estimate of drug-likeness (QED) is 0.786. The van der Waals surface area contributed by atoms with Gasteiger partial charge in [0.1, 0.15) is 10.3 Å². The van der Waals surface area contributed by atoms with Crippen LogP contribution in [0.5, 0.6) is 0 Å². The van der Waals surface area contributed by atoms with Gasteiger partial charge in [0.25, 0.3) is 0 Å². The molecule has 0 fully saturated rings. The number of pyridine rings is 1.